The molecule has 3 rings (SSSR count). The summed E-state index contributed by atoms with van der Waals surface area (Å²) in [6, 6.07) is 7.83. The van der Waals surface area contributed by atoms with E-state index < -0.39 is 0 Å². The van der Waals surface area contributed by atoms with Gasteiger partial charge in [-0.25, -0.2) is 9.97 Å². The minimum Gasteiger partial charge on any atom is -0.237 e. The summed E-state index contributed by atoms with van der Waals surface area (Å²) in [6.45, 7) is 0. The van der Waals surface area contributed by atoms with Gasteiger partial charge in [-0.3, -0.25) is 0 Å². The summed E-state index contributed by atoms with van der Waals surface area (Å²) >= 11 is 14.0. The van der Waals surface area contributed by atoms with Crippen molar-refractivity contribution in [1.82, 2.24) is 9.97 Å². The van der Waals surface area contributed by atoms with E-state index in [1.807, 2.05) is 24.3 Å². The molecule has 1 aromatic heterocycles. The summed E-state index contributed by atoms with van der Waals surface area (Å²) in [5.41, 5.74) is 2.31. The molecule has 1 aliphatic rings. The molecule has 0 spiro atoms. The molecule has 0 saturated heterocycles. The molecule has 1 aliphatic carbocycles. The zero-order valence-electron chi connectivity index (χ0n) is 11.6. The summed E-state index contributed by atoms with van der Waals surface area (Å²) < 4.78 is 0. The summed E-state index contributed by atoms with van der Waals surface area (Å²) in [7, 11) is 0. The van der Waals surface area contributed by atoms with Gasteiger partial charge in [-0.15, -0.1) is 11.8 Å². The van der Waals surface area contributed by atoms with Gasteiger partial charge in [-0.2, -0.15) is 0 Å². The van der Waals surface area contributed by atoms with Gasteiger partial charge in [0.05, 0.1) is 5.75 Å². The predicted octanol–water partition coefficient (Wildman–Crippen LogP) is 5.34. The van der Waals surface area contributed by atoms with E-state index in [1.54, 1.807) is 11.8 Å². The maximum absolute atomic E-state index is 6.35. The number of rotatable bonds is 3. The Morgan fingerprint density at radius 2 is 1.90 bits per heavy atom. The first-order valence-electron chi connectivity index (χ1n) is 7.15. The van der Waals surface area contributed by atoms with E-state index in [1.165, 1.54) is 19.3 Å². The van der Waals surface area contributed by atoms with Crippen molar-refractivity contribution in [2.24, 2.45) is 0 Å². The van der Waals surface area contributed by atoms with E-state index in [0.29, 0.717) is 10.9 Å². The fourth-order valence-electron chi connectivity index (χ4n) is 2.54. The molecule has 21 heavy (non-hydrogen) atoms. The van der Waals surface area contributed by atoms with E-state index in [-0.39, 0.29) is 0 Å². The van der Waals surface area contributed by atoms with Gasteiger partial charge in [-0.1, -0.05) is 35.7 Å². The van der Waals surface area contributed by atoms with Crippen molar-refractivity contribution in [3.05, 3.63) is 51.5 Å². The van der Waals surface area contributed by atoms with Crippen LogP contribution in [0.3, 0.4) is 0 Å². The first-order valence-corrected chi connectivity index (χ1v) is 8.89. The maximum Gasteiger partial charge on any atom is 0.140 e. The fraction of sp³-hybridized carbons (Fsp3) is 0.375. The zero-order chi connectivity index (χ0) is 14.7. The first-order chi connectivity index (χ1) is 10.2. The number of hydrogen-bond acceptors (Lipinski definition) is 3. The monoisotopic (exact) mass is 338 g/mol. The molecule has 0 unspecified atom stereocenters. The van der Waals surface area contributed by atoms with Crippen LogP contribution >= 0.6 is 35.0 Å². The molecular weight excluding hydrogens is 323 g/mol. The van der Waals surface area contributed by atoms with Crippen LogP contribution in [0.1, 0.15) is 36.3 Å². The summed E-state index contributed by atoms with van der Waals surface area (Å²) in [5, 5.41) is 1.39. The second kappa shape index (κ2) is 6.99. The number of thioether (sulfide) groups is 1. The number of hydrogen-bond donors (Lipinski definition) is 0. The van der Waals surface area contributed by atoms with E-state index in [2.05, 4.69) is 4.98 Å². The summed E-state index contributed by atoms with van der Waals surface area (Å²) in [5.74, 6) is 1.53. The topological polar surface area (TPSA) is 25.8 Å². The number of fused-ring (bicyclic) bond motifs is 1. The number of nitrogens with zero attached hydrogens (tertiary/aromatic N) is 2. The Morgan fingerprint density at radius 3 is 2.76 bits per heavy atom. The average molecular weight is 339 g/mol. The van der Waals surface area contributed by atoms with Gasteiger partial charge in [0.1, 0.15) is 11.0 Å². The highest BCUT2D eigenvalue weighted by atomic mass is 35.5. The van der Waals surface area contributed by atoms with Gasteiger partial charge >= 0.3 is 0 Å². The average Bonchev–Trinajstić information content (AvgIpc) is 2.71. The molecule has 0 fully saturated rings. The van der Waals surface area contributed by atoms with Crippen LogP contribution in [-0.2, 0) is 18.6 Å². The van der Waals surface area contributed by atoms with Gasteiger partial charge in [0.2, 0.25) is 0 Å². The van der Waals surface area contributed by atoms with Crippen LogP contribution in [0.5, 0.6) is 0 Å². The Kier molecular flexibility index (Phi) is 5.04. The van der Waals surface area contributed by atoms with E-state index >= 15 is 0 Å². The molecular formula is C16H16Cl2N2S. The fourth-order valence-corrected chi connectivity index (χ4v) is 3.91. The van der Waals surface area contributed by atoms with Crippen molar-refractivity contribution in [2.45, 2.75) is 42.8 Å². The third kappa shape index (κ3) is 3.91. The number of halogens is 2. The van der Waals surface area contributed by atoms with Crippen molar-refractivity contribution in [3.63, 3.8) is 0 Å². The van der Waals surface area contributed by atoms with Crippen LogP contribution in [0.15, 0.2) is 29.2 Å². The largest absolute Gasteiger partial charge is 0.237 e. The zero-order valence-corrected chi connectivity index (χ0v) is 13.9. The van der Waals surface area contributed by atoms with Crippen LogP contribution in [0.25, 0.3) is 0 Å². The van der Waals surface area contributed by atoms with E-state index in [9.17, 15) is 0 Å². The predicted molar refractivity (Wildman–Crippen MR) is 89.3 cm³/mol. The molecule has 1 heterocycles. The van der Waals surface area contributed by atoms with Gasteiger partial charge in [0.15, 0.2) is 0 Å². The molecule has 2 nitrogen and oxygen atoms in total. The minimum atomic E-state index is 0.642. The highest BCUT2D eigenvalue weighted by Gasteiger charge is 2.15. The molecule has 0 radical (unpaired) electrons. The Labute approximate surface area is 139 Å². The Morgan fingerprint density at radius 1 is 1.05 bits per heavy atom. The van der Waals surface area contributed by atoms with Gasteiger partial charge < -0.3 is 0 Å². The van der Waals surface area contributed by atoms with Crippen LogP contribution in [0.4, 0.5) is 0 Å². The van der Waals surface area contributed by atoms with Crippen molar-refractivity contribution in [1.29, 1.82) is 0 Å². The SMILES string of the molecule is Clc1cccc(SCc2nc(Cl)c3c(n2)CCCCC3)c1. The standard InChI is InChI=1S/C16H16Cl2N2S/c17-11-5-4-6-12(9-11)21-10-15-19-14-8-3-1-2-7-13(14)16(18)20-15/h4-6,9H,1-3,7-8,10H2. The van der Waals surface area contributed by atoms with Crippen LogP contribution in [-0.4, -0.2) is 9.97 Å². The van der Waals surface area contributed by atoms with Crippen molar-refractivity contribution in [3.8, 4) is 0 Å². The number of aromatic nitrogens is 2. The van der Waals surface area contributed by atoms with Crippen molar-refractivity contribution < 1.29 is 0 Å². The lowest BCUT2D eigenvalue weighted by molar-refractivity contribution is 0.708. The lowest BCUT2D eigenvalue weighted by Gasteiger charge is -2.09. The maximum atomic E-state index is 6.35. The lowest BCUT2D eigenvalue weighted by atomic mass is 10.1. The smallest absolute Gasteiger partial charge is 0.140 e. The Balaban J connectivity index is 1.77. The van der Waals surface area contributed by atoms with Crippen molar-refractivity contribution in [2.75, 3.05) is 0 Å². The van der Waals surface area contributed by atoms with Crippen LogP contribution in [0.2, 0.25) is 10.2 Å². The molecule has 2 aromatic rings. The normalized spacial score (nSPS) is 14.6. The molecule has 0 N–H and O–H groups in total. The van der Waals surface area contributed by atoms with Crippen LogP contribution in [0, 0.1) is 0 Å². The van der Waals surface area contributed by atoms with Crippen molar-refractivity contribution >= 4 is 35.0 Å². The Hall–Kier alpha value is -0.770. The molecule has 5 heteroatoms. The molecule has 0 aliphatic heterocycles. The molecule has 0 bridgehead atoms. The van der Waals surface area contributed by atoms with Gasteiger partial charge in [0.25, 0.3) is 0 Å². The molecule has 0 saturated carbocycles. The first kappa shape index (κ1) is 15.1. The second-order valence-corrected chi connectivity index (χ2v) is 7.01. The number of benzene rings is 1. The second-order valence-electron chi connectivity index (χ2n) is 5.16. The van der Waals surface area contributed by atoms with Crippen LogP contribution < -0.4 is 0 Å². The minimum absolute atomic E-state index is 0.642. The summed E-state index contributed by atoms with van der Waals surface area (Å²) in [4.78, 5) is 10.3. The quantitative estimate of drug-likeness (QED) is 0.429. The number of aryl methyl sites for hydroxylation is 1. The molecule has 110 valence electrons. The highest BCUT2D eigenvalue weighted by molar-refractivity contribution is 7.98. The molecule has 1 aromatic carbocycles. The van der Waals surface area contributed by atoms with Gasteiger partial charge in [0, 0.05) is 21.2 Å². The Bertz CT molecular complexity index is 646. The van der Waals surface area contributed by atoms with Gasteiger partial charge in [-0.05, 0) is 43.9 Å². The molecule has 0 amide bonds. The third-order valence-electron chi connectivity index (χ3n) is 3.59. The molecule has 0 atom stereocenters. The third-order valence-corrected chi connectivity index (χ3v) is 5.13. The highest BCUT2D eigenvalue weighted by Crippen LogP contribution is 2.28. The van der Waals surface area contributed by atoms with E-state index in [4.69, 9.17) is 28.2 Å². The summed E-state index contributed by atoms with van der Waals surface area (Å²) in [6.07, 6.45) is 5.66. The van der Waals surface area contributed by atoms with E-state index in [0.717, 1.165) is 39.8 Å². The lowest BCUT2D eigenvalue weighted by Crippen LogP contribution is -2.04.